The molecule has 1 aromatic carbocycles. The van der Waals surface area contributed by atoms with Crippen molar-refractivity contribution in [2.24, 2.45) is 0 Å². The third-order valence-electron chi connectivity index (χ3n) is 4.86. The van der Waals surface area contributed by atoms with Gasteiger partial charge in [-0.15, -0.1) is 0 Å². The SMILES string of the molecule is CCOC(=O)CCN(C(=O)CCC(=O)c1ccccc1)C1CCCCC1. The van der Waals surface area contributed by atoms with Crippen LogP contribution in [0, 0.1) is 0 Å². The predicted octanol–water partition coefficient (Wildman–Crippen LogP) is 3.76. The molecule has 1 saturated carbocycles. The molecular weight excluding hydrogens is 330 g/mol. The Bertz CT molecular complexity index is 593. The second-order valence-corrected chi connectivity index (χ2v) is 6.72. The van der Waals surface area contributed by atoms with Crippen LogP contribution >= 0.6 is 0 Å². The van der Waals surface area contributed by atoms with E-state index < -0.39 is 0 Å². The molecule has 2 rings (SSSR count). The van der Waals surface area contributed by atoms with E-state index in [1.54, 1.807) is 19.1 Å². The molecule has 5 nitrogen and oxygen atoms in total. The van der Waals surface area contributed by atoms with E-state index in [0.29, 0.717) is 18.7 Å². The Morgan fingerprint density at radius 3 is 2.35 bits per heavy atom. The number of hydrogen-bond acceptors (Lipinski definition) is 4. The van der Waals surface area contributed by atoms with Gasteiger partial charge in [0.05, 0.1) is 13.0 Å². The lowest BCUT2D eigenvalue weighted by Crippen LogP contribution is -2.42. The number of carbonyl (C=O) groups is 3. The second kappa shape index (κ2) is 10.7. The molecule has 142 valence electrons. The van der Waals surface area contributed by atoms with Gasteiger partial charge in [-0.1, -0.05) is 49.6 Å². The lowest BCUT2D eigenvalue weighted by molar-refractivity contribution is -0.144. The van der Waals surface area contributed by atoms with Crippen molar-refractivity contribution < 1.29 is 19.1 Å². The molecule has 1 fully saturated rings. The number of benzene rings is 1. The molecule has 0 aliphatic heterocycles. The predicted molar refractivity (Wildman–Crippen MR) is 99.8 cm³/mol. The Morgan fingerprint density at radius 2 is 1.69 bits per heavy atom. The zero-order valence-corrected chi connectivity index (χ0v) is 15.6. The lowest BCUT2D eigenvalue weighted by atomic mass is 9.93. The Balaban J connectivity index is 1.93. The summed E-state index contributed by atoms with van der Waals surface area (Å²) in [6.07, 6.45) is 5.96. The highest BCUT2D eigenvalue weighted by Gasteiger charge is 2.26. The number of hydrogen-bond donors (Lipinski definition) is 0. The molecule has 0 saturated heterocycles. The molecule has 0 unspecified atom stereocenters. The van der Waals surface area contributed by atoms with E-state index in [1.807, 2.05) is 23.1 Å². The van der Waals surface area contributed by atoms with Crippen molar-refractivity contribution in [3.8, 4) is 0 Å². The van der Waals surface area contributed by atoms with Crippen LogP contribution in [-0.4, -0.2) is 41.8 Å². The fourth-order valence-electron chi connectivity index (χ4n) is 3.48. The Hall–Kier alpha value is -2.17. The van der Waals surface area contributed by atoms with E-state index in [4.69, 9.17) is 4.74 Å². The first-order valence-corrected chi connectivity index (χ1v) is 9.65. The molecule has 1 aromatic rings. The minimum atomic E-state index is -0.276. The number of ketones is 1. The third kappa shape index (κ3) is 6.28. The summed E-state index contributed by atoms with van der Waals surface area (Å²) < 4.78 is 4.98. The topological polar surface area (TPSA) is 63.7 Å². The van der Waals surface area contributed by atoms with Crippen molar-refractivity contribution in [3.05, 3.63) is 35.9 Å². The molecule has 0 atom stereocenters. The molecular formula is C21H29NO4. The fraction of sp³-hybridized carbons (Fsp3) is 0.571. The van der Waals surface area contributed by atoms with Gasteiger partial charge < -0.3 is 9.64 Å². The van der Waals surface area contributed by atoms with E-state index in [1.165, 1.54) is 6.42 Å². The molecule has 0 heterocycles. The molecule has 1 amide bonds. The second-order valence-electron chi connectivity index (χ2n) is 6.72. The number of ether oxygens (including phenoxy) is 1. The first-order valence-electron chi connectivity index (χ1n) is 9.65. The van der Waals surface area contributed by atoms with Gasteiger partial charge in [-0.2, -0.15) is 0 Å². The molecule has 0 radical (unpaired) electrons. The first-order chi connectivity index (χ1) is 12.6. The maximum Gasteiger partial charge on any atom is 0.307 e. The molecule has 26 heavy (non-hydrogen) atoms. The highest BCUT2D eigenvalue weighted by molar-refractivity contribution is 5.97. The van der Waals surface area contributed by atoms with E-state index in [0.717, 1.165) is 25.7 Å². The first kappa shape index (κ1) is 20.1. The minimum absolute atomic E-state index is 0.0204. The zero-order chi connectivity index (χ0) is 18.8. The number of nitrogens with zero attached hydrogens (tertiary/aromatic N) is 1. The van der Waals surface area contributed by atoms with Gasteiger partial charge in [-0.25, -0.2) is 0 Å². The van der Waals surface area contributed by atoms with Gasteiger partial charge >= 0.3 is 5.97 Å². The molecule has 0 N–H and O–H groups in total. The Kier molecular flexibility index (Phi) is 8.32. The molecule has 0 spiro atoms. The van der Waals surface area contributed by atoms with Crippen LogP contribution in [0.3, 0.4) is 0 Å². The summed E-state index contributed by atoms with van der Waals surface area (Å²) >= 11 is 0. The average molecular weight is 359 g/mol. The third-order valence-corrected chi connectivity index (χ3v) is 4.86. The maximum atomic E-state index is 12.8. The van der Waals surface area contributed by atoms with Crippen LogP contribution in [0.1, 0.15) is 68.6 Å². The van der Waals surface area contributed by atoms with Gasteiger partial charge in [0, 0.05) is 31.0 Å². The summed E-state index contributed by atoms with van der Waals surface area (Å²) in [6.45, 7) is 2.50. The van der Waals surface area contributed by atoms with Crippen LogP contribution in [0.25, 0.3) is 0 Å². The molecule has 0 aromatic heterocycles. The van der Waals surface area contributed by atoms with Crippen molar-refractivity contribution in [2.75, 3.05) is 13.2 Å². The normalized spacial score (nSPS) is 14.7. The fourth-order valence-corrected chi connectivity index (χ4v) is 3.48. The number of amides is 1. The van der Waals surface area contributed by atoms with Crippen LogP contribution < -0.4 is 0 Å². The monoisotopic (exact) mass is 359 g/mol. The highest BCUT2D eigenvalue weighted by atomic mass is 16.5. The van der Waals surface area contributed by atoms with Gasteiger partial charge in [0.1, 0.15) is 0 Å². The van der Waals surface area contributed by atoms with E-state index in [9.17, 15) is 14.4 Å². The summed E-state index contributed by atoms with van der Waals surface area (Å²) in [5, 5.41) is 0. The molecule has 1 aliphatic carbocycles. The van der Waals surface area contributed by atoms with Crippen molar-refractivity contribution in [1.82, 2.24) is 4.90 Å². The van der Waals surface area contributed by atoms with Crippen molar-refractivity contribution in [1.29, 1.82) is 0 Å². The number of Topliss-reactive ketones (excluding diaryl/α,β-unsaturated/α-hetero) is 1. The van der Waals surface area contributed by atoms with Crippen LogP contribution in [0.2, 0.25) is 0 Å². The molecule has 5 heteroatoms. The summed E-state index contributed by atoms with van der Waals surface area (Å²) in [4.78, 5) is 38.5. The van der Waals surface area contributed by atoms with Gasteiger partial charge in [0.15, 0.2) is 5.78 Å². The van der Waals surface area contributed by atoms with Gasteiger partial charge in [-0.05, 0) is 19.8 Å². The van der Waals surface area contributed by atoms with Gasteiger partial charge in [0.25, 0.3) is 0 Å². The smallest absolute Gasteiger partial charge is 0.307 e. The van der Waals surface area contributed by atoms with Crippen molar-refractivity contribution in [3.63, 3.8) is 0 Å². The molecule has 0 bridgehead atoms. The Labute approximate surface area is 155 Å². The van der Waals surface area contributed by atoms with Crippen LogP contribution in [-0.2, 0) is 14.3 Å². The summed E-state index contributed by atoms with van der Waals surface area (Å²) in [7, 11) is 0. The lowest BCUT2D eigenvalue weighted by Gasteiger charge is -2.34. The van der Waals surface area contributed by atoms with Gasteiger partial charge in [0.2, 0.25) is 5.91 Å². The summed E-state index contributed by atoms with van der Waals surface area (Å²) in [5.74, 6) is -0.333. The maximum absolute atomic E-state index is 12.8. The summed E-state index contributed by atoms with van der Waals surface area (Å²) in [6, 6.07) is 9.23. The van der Waals surface area contributed by atoms with Crippen LogP contribution in [0.15, 0.2) is 30.3 Å². The standard InChI is InChI=1S/C21H29NO4/c1-2-26-21(25)15-16-22(18-11-7-4-8-12-18)20(24)14-13-19(23)17-9-5-3-6-10-17/h3,5-6,9-10,18H,2,4,7-8,11-16H2,1H3. The Morgan fingerprint density at radius 1 is 1.00 bits per heavy atom. The zero-order valence-electron chi connectivity index (χ0n) is 15.6. The summed E-state index contributed by atoms with van der Waals surface area (Å²) in [5.41, 5.74) is 0.635. The van der Waals surface area contributed by atoms with Crippen LogP contribution in [0.5, 0.6) is 0 Å². The van der Waals surface area contributed by atoms with Crippen LogP contribution in [0.4, 0.5) is 0 Å². The van der Waals surface area contributed by atoms with Crippen molar-refractivity contribution in [2.45, 2.75) is 64.3 Å². The van der Waals surface area contributed by atoms with E-state index in [-0.39, 0.29) is 43.0 Å². The van der Waals surface area contributed by atoms with E-state index in [2.05, 4.69) is 0 Å². The quantitative estimate of drug-likeness (QED) is 0.497. The average Bonchev–Trinajstić information content (AvgIpc) is 2.68. The number of carbonyl (C=O) groups excluding carboxylic acids is 3. The highest BCUT2D eigenvalue weighted by Crippen LogP contribution is 2.24. The number of rotatable bonds is 9. The minimum Gasteiger partial charge on any atom is -0.466 e. The van der Waals surface area contributed by atoms with Gasteiger partial charge in [-0.3, -0.25) is 14.4 Å². The van der Waals surface area contributed by atoms with Crippen molar-refractivity contribution >= 4 is 17.7 Å². The molecule has 1 aliphatic rings. The van der Waals surface area contributed by atoms with E-state index >= 15 is 0 Å². The number of esters is 1. The largest absolute Gasteiger partial charge is 0.466 e.